The van der Waals surface area contributed by atoms with Crippen LogP contribution in [0.3, 0.4) is 0 Å². The molecular weight excluding hydrogens is 610 g/mol. The summed E-state index contributed by atoms with van der Waals surface area (Å²) in [4.78, 5) is 28.8. The largest absolute Gasteiger partial charge is 0.496 e. The highest BCUT2D eigenvalue weighted by Gasteiger charge is 2.34. The Labute approximate surface area is 259 Å². The Morgan fingerprint density at radius 2 is 1.87 bits per heavy atom. The van der Waals surface area contributed by atoms with E-state index >= 15 is 0 Å². The van der Waals surface area contributed by atoms with Gasteiger partial charge in [-0.3, -0.25) is 9.59 Å². The molecule has 0 spiro atoms. The van der Waals surface area contributed by atoms with Crippen LogP contribution in [0.4, 0.5) is 29.1 Å². The number of hydrogen-bond acceptors (Lipinski definition) is 7. The molecule has 0 aliphatic carbocycles. The third kappa shape index (κ3) is 6.37. The SMILES string of the molecule is C=C(F)C(=O)Nc1ccc(-c2c(-c3ccc(C(=O)NCC(F)(F)F)c(OC)c3)c3c(N)ncc(C#CC4(O)COC4)c3n2C)cc1. The number of methoxy groups -OCH3 is 1. The highest BCUT2D eigenvalue weighted by atomic mass is 19.4. The van der Waals surface area contributed by atoms with Crippen LogP contribution in [0.5, 0.6) is 5.75 Å². The molecule has 0 bridgehead atoms. The number of alkyl halides is 3. The number of ether oxygens (including phenoxy) is 2. The number of aromatic nitrogens is 2. The van der Waals surface area contributed by atoms with Gasteiger partial charge in [0.05, 0.1) is 48.0 Å². The van der Waals surface area contributed by atoms with Crippen LogP contribution in [0.25, 0.3) is 33.3 Å². The first-order valence-electron chi connectivity index (χ1n) is 13.6. The lowest BCUT2D eigenvalue weighted by Gasteiger charge is -2.30. The van der Waals surface area contributed by atoms with Gasteiger partial charge in [0.1, 0.15) is 18.1 Å². The van der Waals surface area contributed by atoms with Gasteiger partial charge >= 0.3 is 6.18 Å². The molecule has 238 valence electrons. The Bertz CT molecular complexity index is 1940. The predicted octanol–water partition coefficient (Wildman–Crippen LogP) is 4.32. The lowest BCUT2D eigenvalue weighted by molar-refractivity contribution is -0.140. The van der Waals surface area contributed by atoms with E-state index in [-0.39, 0.29) is 30.3 Å². The molecular formula is C32H27F4N5O5. The zero-order valence-corrected chi connectivity index (χ0v) is 24.5. The summed E-state index contributed by atoms with van der Waals surface area (Å²) < 4.78 is 63.8. The number of nitrogens with one attached hydrogen (secondary N) is 2. The number of nitrogens with two attached hydrogens (primary N) is 1. The number of aliphatic hydroxyl groups is 1. The van der Waals surface area contributed by atoms with Crippen LogP contribution in [0, 0.1) is 11.8 Å². The van der Waals surface area contributed by atoms with Crippen molar-refractivity contribution >= 4 is 34.2 Å². The van der Waals surface area contributed by atoms with Gasteiger partial charge in [0.15, 0.2) is 11.4 Å². The van der Waals surface area contributed by atoms with Crippen LogP contribution in [0.2, 0.25) is 0 Å². The minimum atomic E-state index is -4.61. The number of fused-ring (bicyclic) bond motifs is 1. The van der Waals surface area contributed by atoms with Crippen molar-refractivity contribution in [1.82, 2.24) is 14.9 Å². The van der Waals surface area contributed by atoms with Crippen LogP contribution < -0.4 is 21.1 Å². The normalized spacial score (nSPS) is 13.7. The maximum atomic E-state index is 13.3. The molecule has 10 nitrogen and oxygen atoms in total. The molecule has 5 rings (SSSR count). The van der Waals surface area contributed by atoms with Crippen molar-refractivity contribution in [3.63, 3.8) is 0 Å². The topological polar surface area (TPSA) is 141 Å². The van der Waals surface area contributed by atoms with Gasteiger partial charge in [0.2, 0.25) is 0 Å². The van der Waals surface area contributed by atoms with E-state index in [1.165, 1.54) is 31.5 Å². The molecule has 1 aliphatic heterocycles. The number of carbonyl (C=O) groups excluding carboxylic acids is 2. The third-order valence-electron chi connectivity index (χ3n) is 7.20. The fraction of sp³-hybridized carbons (Fsp3) is 0.219. The van der Waals surface area contributed by atoms with E-state index in [2.05, 4.69) is 28.7 Å². The molecule has 4 aromatic rings. The second-order valence-electron chi connectivity index (χ2n) is 10.5. The summed E-state index contributed by atoms with van der Waals surface area (Å²) in [5.41, 5.74) is 8.46. The molecule has 0 unspecified atom stereocenters. The average Bonchev–Trinajstić information content (AvgIpc) is 3.31. The van der Waals surface area contributed by atoms with Gasteiger partial charge in [-0.1, -0.05) is 36.6 Å². The number of halogens is 4. The molecule has 3 heterocycles. The van der Waals surface area contributed by atoms with Crippen LogP contribution in [-0.4, -0.2) is 65.1 Å². The number of benzene rings is 2. The second kappa shape index (κ2) is 12.2. The van der Waals surface area contributed by atoms with Crippen molar-refractivity contribution in [3.8, 4) is 40.0 Å². The van der Waals surface area contributed by atoms with Gasteiger partial charge in [-0.25, -0.2) is 9.37 Å². The first kappa shape index (κ1) is 32.0. The summed E-state index contributed by atoms with van der Waals surface area (Å²) in [5.74, 6) is 2.79. The Morgan fingerprint density at radius 1 is 1.20 bits per heavy atom. The first-order valence-corrected chi connectivity index (χ1v) is 13.6. The molecule has 14 heteroatoms. The van der Waals surface area contributed by atoms with Crippen molar-refractivity contribution in [1.29, 1.82) is 0 Å². The fourth-order valence-corrected chi connectivity index (χ4v) is 4.99. The van der Waals surface area contributed by atoms with Crippen molar-refractivity contribution in [2.24, 2.45) is 7.05 Å². The summed E-state index contributed by atoms with van der Waals surface area (Å²) in [6, 6.07) is 10.8. The highest BCUT2D eigenvalue weighted by molar-refractivity contribution is 6.11. The molecule has 2 amide bonds. The van der Waals surface area contributed by atoms with Crippen LogP contribution in [0.15, 0.2) is 61.1 Å². The molecule has 2 aromatic carbocycles. The minimum absolute atomic E-state index is 0.000628. The number of anilines is 2. The number of hydrogen-bond donors (Lipinski definition) is 4. The molecule has 0 radical (unpaired) electrons. The maximum absolute atomic E-state index is 13.3. The monoisotopic (exact) mass is 637 g/mol. The molecule has 1 saturated heterocycles. The van der Waals surface area contributed by atoms with Crippen LogP contribution >= 0.6 is 0 Å². The Hall–Kier alpha value is -5.39. The van der Waals surface area contributed by atoms with Gasteiger partial charge < -0.3 is 35.5 Å². The van der Waals surface area contributed by atoms with Crippen LogP contribution in [-0.2, 0) is 16.6 Å². The number of carbonyl (C=O) groups is 2. The van der Waals surface area contributed by atoms with Crippen molar-refractivity contribution in [2.75, 3.05) is 37.9 Å². The summed E-state index contributed by atoms with van der Waals surface area (Å²) in [5, 5.41) is 15.2. The quantitative estimate of drug-likeness (QED) is 0.134. The highest BCUT2D eigenvalue weighted by Crippen LogP contribution is 2.44. The molecule has 1 aliphatic rings. The average molecular weight is 638 g/mol. The molecule has 1 fully saturated rings. The van der Waals surface area contributed by atoms with Gasteiger partial charge in [0, 0.05) is 24.5 Å². The van der Waals surface area contributed by atoms with Crippen molar-refractivity contribution in [3.05, 3.63) is 72.2 Å². The van der Waals surface area contributed by atoms with E-state index in [1.54, 1.807) is 31.3 Å². The van der Waals surface area contributed by atoms with Gasteiger partial charge in [-0.15, -0.1) is 0 Å². The Balaban J connectivity index is 1.71. The van der Waals surface area contributed by atoms with E-state index in [0.717, 1.165) is 0 Å². The second-order valence-corrected chi connectivity index (χ2v) is 10.5. The van der Waals surface area contributed by atoms with Crippen molar-refractivity contribution < 1.29 is 41.7 Å². The predicted molar refractivity (Wildman–Crippen MR) is 162 cm³/mol. The summed E-state index contributed by atoms with van der Waals surface area (Å²) >= 11 is 0. The van der Waals surface area contributed by atoms with Crippen LogP contribution in [0.1, 0.15) is 15.9 Å². The fourth-order valence-electron chi connectivity index (χ4n) is 4.99. The van der Waals surface area contributed by atoms with E-state index in [4.69, 9.17) is 15.2 Å². The lowest BCUT2D eigenvalue weighted by Crippen LogP contribution is -2.48. The smallest absolute Gasteiger partial charge is 0.405 e. The van der Waals surface area contributed by atoms with Crippen molar-refractivity contribution in [2.45, 2.75) is 11.8 Å². The standard InChI is InChI=1S/C32H27F4N5O5/c1-17(33)29(42)40-21-7-4-18(5-8-21)26-24(19-6-9-22(23(12-19)45-3)30(43)39-14-32(34,35)36)25-27(41(26)2)20(13-38-28(25)37)10-11-31(44)15-46-16-31/h4-9,12-13,44H,1,14-16H2,2-3H3,(H2,37,38)(H,39,43)(H,40,42). The number of pyridine rings is 1. The summed E-state index contributed by atoms with van der Waals surface area (Å²) in [6.07, 6.45) is -3.14. The van der Waals surface area contributed by atoms with E-state index in [0.29, 0.717) is 44.5 Å². The summed E-state index contributed by atoms with van der Waals surface area (Å²) in [6.45, 7) is 1.57. The number of nitrogen functional groups attached to an aromatic ring is 1. The molecule has 46 heavy (non-hydrogen) atoms. The molecule has 2 aromatic heterocycles. The van der Waals surface area contributed by atoms with E-state index < -0.39 is 36.0 Å². The molecule has 0 saturated carbocycles. The van der Waals surface area contributed by atoms with E-state index in [1.807, 2.05) is 9.88 Å². The number of nitrogens with zero attached hydrogens (tertiary/aromatic N) is 2. The Morgan fingerprint density at radius 3 is 2.46 bits per heavy atom. The third-order valence-corrected chi connectivity index (χ3v) is 7.20. The zero-order valence-electron chi connectivity index (χ0n) is 24.5. The minimum Gasteiger partial charge on any atom is -0.496 e. The number of amides is 2. The van der Waals surface area contributed by atoms with Gasteiger partial charge in [0.25, 0.3) is 11.8 Å². The number of rotatable bonds is 7. The van der Waals surface area contributed by atoms with Gasteiger partial charge in [-0.05, 0) is 35.4 Å². The zero-order chi connectivity index (χ0) is 33.4. The Kier molecular flexibility index (Phi) is 8.48. The lowest BCUT2D eigenvalue weighted by atomic mass is 9.96. The molecule has 0 atom stereocenters. The molecule has 5 N–H and O–H groups in total. The number of aryl methyl sites for hydroxylation is 1. The van der Waals surface area contributed by atoms with E-state index in [9.17, 15) is 32.3 Å². The van der Waals surface area contributed by atoms with Gasteiger partial charge in [-0.2, -0.15) is 13.2 Å². The summed E-state index contributed by atoms with van der Waals surface area (Å²) in [7, 11) is 3.03. The first-order chi connectivity index (χ1) is 21.7. The maximum Gasteiger partial charge on any atom is 0.405 e.